The van der Waals surface area contributed by atoms with Crippen molar-refractivity contribution < 1.29 is 9.53 Å². The highest BCUT2D eigenvalue weighted by Crippen LogP contribution is 2.19. The molecule has 0 spiro atoms. The van der Waals surface area contributed by atoms with E-state index in [9.17, 15) is 4.79 Å². The van der Waals surface area contributed by atoms with Gasteiger partial charge in [-0.1, -0.05) is 24.3 Å². The topological polar surface area (TPSA) is 42.4 Å². The van der Waals surface area contributed by atoms with Crippen molar-refractivity contribution >= 4 is 17.2 Å². The van der Waals surface area contributed by atoms with E-state index in [2.05, 4.69) is 31.0 Å². The quantitative estimate of drug-likeness (QED) is 0.820. The average Bonchev–Trinajstić information content (AvgIpc) is 2.96. The number of methoxy groups -OCH3 is 1. The van der Waals surface area contributed by atoms with Crippen LogP contribution in [0.2, 0.25) is 0 Å². The Balaban J connectivity index is 2.09. The highest BCUT2D eigenvalue weighted by molar-refractivity contribution is 7.11. The molecule has 0 radical (unpaired) electrons. The number of likely N-dealkylation sites (N-methyl/N-ethyl adjacent to an activating group) is 1. The number of nitrogens with zero attached hydrogens (tertiary/aromatic N) is 2. The molecule has 0 fully saturated rings. The van der Waals surface area contributed by atoms with E-state index in [1.54, 1.807) is 17.5 Å². The fraction of sp³-hybridized carbons (Fsp3) is 0.412. The van der Waals surface area contributed by atoms with Crippen LogP contribution in [0.25, 0.3) is 0 Å². The molecule has 0 saturated heterocycles. The van der Waals surface area contributed by atoms with Crippen LogP contribution < -0.4 is 0 Å². The van der Waals surface area contributed by atoms with E-state index in [1.165, 1.54) is 22.5 Å². The van der Waals surface area contributed by atoms with Crippen molar-refractivity contribution in [1.29, 1.82) is 0 Å². The summed E-state index contributed by atoms with van der Waals surface area (Å²) in [6.07, 6.45) is 0.841. The summed E-state index contributed by atoms with van der Waals surface area (Å²) in [7, 11) is 3.46. The fourth-order valence-corrected chi connectivity index (χ4v) is 3.12. The molecule has 1 atom stereocenters. The summed E-state index contributed by atoms with van der Waals surface area (Å²) in [5.41, 5.74) is 4.94. The normalized spacial score (nSPS) is 12.2. The number of benzene rings is 1. The van der Waals surface area contributed by atoms with Gasteiger partial charge in [-0.15, -0.1) is 11.3 Å². The second kappa shape index (κ2) is 7.51. The minimum Gasteiger partial charge on any atom is -0.378 e. The van der Waals surface area contributed by atoms with E-state index in [4.69, 9.17) is 4.74 Å². The van der Waals surface area contributed by atoms with Crippen molar-refractivity contribution in [3.05, 3.63) is 51.5 Å². The molecule has 1 aromatic heterocycles. The van der Waals surface area contributed by atoms with Crippen LogP contribution in [0.5, 0.6) is 0 Å². The van der Waals surface area contributed by atoms with Gasteiger partial charge < -0.3 is 9.64 Å². The van der Waals surface area contributed by atoms with Crippen LogP contribution >= 0.6 is 11.3 Å². The summed E-state index contributed by atoms with van der Waals surface area (Å²) in [4.78, 5) is 19.3. The molecule has 5 heteroatoms. The molecule has 0 aliphatic heterocycles. The van der Waals surface area contributed by atoms with Crippen molar-refractivity contribution in [2.75, 3.05) is 14.2 Å². The van der Waals surface area contributed by atoms with Gasteiger partial charge in [0.2, 0.25) is 0 Å². The van der Waals surface area contributed by atoms with Gasteiger partial charge in [-0.3, -0.25) is 4.79 Å². The Kier molecular flexibility index (Phi) is 5.69. The number of rotatable bonds is 6. The van der Waals surface area contributed by atoms with Crippen molar-refractivity contribution in [3.8, 4) is 0 Å². The van der Waals surface area contributed by atoms with E-state index in [0.29, 0.717) is 17.2 Å². The number of amides is 1. The number of aromatic nitrogens is 1. The predicted octanol–water partition coefficient (Wildman–Crippen LogP) is 3.30. The van der Waals surface area contributed by atoms with Gasteiger partial charge in [0.15, 0.2) is 0 Å². The maximum atomic E-state index is 12.7. The monoisotopic (exact) mass is 318 g/mol. The predicted molar refractivity (Wildman–Crippen MR) is 89.3 cm³/mol. The Labute approximate surface area is 135 Å². The molecule has 4 nitrogen and oxygen atoms in total. The van der Waals surface area contributed by atoms with Gasteiger partial charge >= 0.3 is 0 Å². The first kappa shape index (κ1) is 16.6. The zero-order valence-corrected chi connectivity index (χ0v) is 14.3. The molecule has 1 heterocycles. The summed E-state index contributed by atoms with van der Waals surface area (Å²) in [6.45, 7) is 4.54. The number of aryl methyl sites for hydroxylation is 1. The minimum atomic E-state index is 0.00985. The van der Waals surface area contributed by atoms with Gasteiger partial charge in [-0.05, 0) is 31.4 Å². The third-order valence-corrected chi connectivity index (χ3v) is 4.73. The first-order valence-corrected chi connectivity index (χ1v) is 8.15. The van der Waals surface area contributed by atoms with Crippen molar-refractivity contribution in [1.82, 2.24) is 9.88 Å². The lowest BCUT2D eigenvalue weighted by Crippen LogP contribution is -2.36. The molecule has 0 aliphatic rings. The fourth-order valence-electron chi connectivity index (χ4n) is 2.34. The Morgan fingerprint density at radius 3 is 2.82 bits per heavy atom. The molecular formula is C17H22N2O2S. The first-order valence-electron chi connectivity index (χ1n) is 7.27. The van der Waals surface area contributed by atoms with E-state index in [1.807, 2.05) is 19.2 Å². The Hall–Kier alpha value is -1.72. The lowest BCUT2D eigenvalue weighted by molar-refractivity contribution is 0.0743. The summed E-state index contributed by atoms with van der Waals surface area (Å²) in [6, 6.07) is 8.41. The van der Waals surface area contributed by atoms with E-state index in [0.717, 1.165) is 6.42 Å². The largest absolute Gasteiger partial charge is 0.378 e. The minimum absolute atomic E-state index is 0.00985. The van der Waals surface area contributed by atoms with Crippen LogP contribution in [-0.2, 0) is 17.8 Å². The Morgan fingerprint density at radius 2 is 2.14 bits per heavy atom. The zero-order valence-electron chi connectivity index (χ0n) is 13.5. The van der Waals surface area contributed by atoms with Crippen molar-refractivity contribution in [2.24, 2.45) is 0 Å². The van der Waals surface area contributed by atoms with Crippen molar-refractivity contribution in [2.45, 2.75) is 32.9 Å². The third kappa shape index (κ3) is 3.72. The number of hydrogen-bond acceptors (Lipinski definition) is 4. The highest BCUT2D eigenvalue weighted by Gasteiger charge is 2.22. The molecule has 118 valence electrons. The molecule has 0 bridgehead atoms. The summed E-state index contributed by atoms with van der Waals surface area (Å²) in [5, 5.41) is 0. The van der Waals surface area contributed by atoms with Crippen LogP contribution in [0.4, 0.5) is 0 Å². The number of ether oxygens (including phenoxy) is 1. The molecule has 2 rings (SSSR count). The molecule has 2 aromatic rings. The Morgan fingerprint density at radius 1 is 1.41 bits per heavy atom. The summed E-state index contributed by atoms with van der Waals surface area (Å²) in [5.74, 6) is 0.00985. The number of carbonyl (C=O) groups is 1. The third-order valence-electron chi connectivity index (χ3n) is 3.87. The van der Waals surface area contributed by atoms with Gasteiger partial charge in [0.05, 0.1) is 17.8 Å². The zero-order chi connectivity index (χ0) is 16.1. The second-order valence-corrected chi connectivity index (χ2v) is 6.31. The molecular weight excluding hydrogens is 296 g/mol. The molecule has 0 aliphatic carbocycles. The van der Waals surface area contributed by atoms with Crippen LogP contribution in [0, 0.1) is 6.92 Å². The lowest BCUT2D eigenvalue weighted by atomic mass is 10.0. The number of thiazole rings is 1. The molecule has 0 N–H and O–H groups in total. The SMILES string of the molecule is COCc1ncsc1C(=O)N(C)C(C)Cc1ccccc1C. The highest BCUT2D eigenvalue weighted by atomic mass is 32.1. The smallest absolute Gasteiger partial charge is 0.265 e. The number of hydrogen-bond donors (Lipinski definition) is 0. The summed E-state index contributed by atoms with van der Waals surface area (Å²) >= 11 is 1.37. The standard InChI is InChI=1S/C17H22N2O2S/c1-12-7-5-6-8-14(12)9-13(2)19(3)17(20)16-15(10-21-4)18-11-22-16/h5-8,11,13H,9-10H2,1-4H3. The maximum absolute atomic E-state index is 12.7. The lowest BCUT2D eigenvalue weighted by Gasteiger charge is -2.25. The second-order valence-electron chi connectivity index (χ2n) is 5.46. The number of carbonyl (C=O) groups excluding carboxylic acids is 1. The first-order chi connectivity index (χ1) is 10.5. The summed E-state index contributed by atoms with van der Waals surface area (Å²) < 4.78 is 5.10. The molecule has 1 aromatic carbocycles. The van der Waals surface area contributed by atoms with Crippen LogP contribution in [0.1, 0.15) is 33.4 Å². The van der Waals surface area contributed by atoms with Gasteiger partial charge in [-0.2, -0.15) is 0 Å². The average molecular weight is 318 g/mol. The molecule has 22 heavy (non-hydrogen) atoms. The van der Waals surface area contributed by atoms with Gasteiger partial charge in [0.1, 0.15) is 4.88 Å². The van der Waals surface area contributed by atoms with Crippen LogP contribution in [-0.4, -0.2) is 36.0 Å². The Bertz CT molecular complexity index is 639. The maximum Gasteiger partial charge on any atom is 0.265 e. The van der Waals surface area contributed by atoms with E-state index in [-0.39, 0.29) is 11.9 Å². The van der Waals surface area contributed by atoms with Gasteiger partial charge in [0.25, 0.3) is 5.91 Å². The van der Waals surface area contributed by atoms with Gasteiger partial charge in [-0.25, -0.2) is 4.98 Å². The van der Waals surface area contributed by atoms with Crippen molar-refractivity contribution in [3.63, 3.8) is 0 Å². The molecule has 0 saturated carbocycles. The molecule has 1 unspecified atom stereocenters. The molecule has 1 amide bonds. The van der Waals surface area contributed by atoms with E-state index < -0.39 is 0 Å². The van der Waals surface area contributed by atoms with Gasteiger partial charge in [0, 0.05) is 20.2 Å². The van der Waals surface area contributed by atoms with Crippen LogP contribution in [0.15, 0.2) is 29.8 Å². The van der Waals surface area contributed by atoms with E-state index >= 15 is 0 Å². The van der Waals surface area contributed by atoms with Crippen LogP contribution in [0.3, 0.4) is 0 Å².